The summed E-state index contributed by atoms with van der Waals surface area (Å²) in [6.45, 7) is 17.3. The van der Waals surface area contributed by atoms with Gasteiger partial charge >= 0.3 is 0 Å². The standard InChI is InChI=1S/C23H23NO2.C7H9N.C3H8/c1-5-23(15-6-16(2)24)26-18(4)20-9-13-22(14-10-20)21-11-7-19(8-12-21)17(3)25;1-6-2-4-7(8)5-3-6;1-3-2/h5-15H,2,4,24H2,1,3H3;2-5H,8H2,1H3;3H2,1-2H3/b15-6-,23-5+;;. The Hall–Kier alpha value is -4.31. The molecular weight excluding hydrogens is 456 g/mol. The molecule has 194 valence electrons. The summed E-state index contributed by atoms with van der Waals surface area (Å²) in [5.41, 5.74) is 17.2. The summed E-state index contributed by atoms with van der Waals surface area (Å²) in [6.07, 6.45) is 6.50. The third-order valence-corrected chi connectivity index (χ3v) is 4.90. The molecule has 4 heteroatoms. The highest BCUT2D eigenvalue weighted by Crippen LogP contribution is 2.24. The van der Waals surface area contributed by atoms with Crippen LogP contribution in [0.2, 0.25) is 0 Å². The van der Waals surface area contributed by atoms with Crippen LogP contribution in [0.4, 0.5) is 5.69 Å². The van der Waals surface area contributed by atoms with Crippen molar-refractivity contribution in [2.75, 3.05) is 5.73 Å². The van der Waals surface area contributed by atoms with Gasteiger partial charge in [-0.3, -0.25) is 4.79 Å². The second-order valence-electron chi connectivity index (χ2n) is 8.45. The van der Waals surface area contributed by atoms with Crippen LogP contribution in [0.15, 0.2) is 116 Å². The molecular formula is C33H40N2O2. The fourth-order valence-corrected chi connectivity index (χ4v) is 2.89. The van der Waals surface area contributed by atoms with Crippen LogP contribution in [-0.4, -0.2) is 5.78 Å². The van der Waals surface area contributed by atoms with E-state index in [1.165, 1.54) is 12.0 Å². The van der Waals surface area contributed by atoms with E-state index in [9.17, 15) is 4.79 Å². The van der Waals surface area contributed by atoms with Crippen molar-refractivity contribution in [2.45, 2.75) is 41.0 Å². The molecule has 3 aromatic rings. The first kappa shape index (κ1) is 30.7. The third-order valence-electron chi connectivity index (χ3n) is 4.90. The van der Waals surface area contributed by atoms with Crippen molar-refractivity contribution in [3.05, 3.63) is 132 Å². The predicted octanol–water partition coefficient (Wildman–Crippen LogP) is 8.47. The molecule has 37 heavy (non-hydrogen) atoms. The van der Waals surface area contributed by atoms with E-state index in [2.05, 4.69) is 27.0 Å². The fraction of sp³-hybridized carbons (Fsp3) is 0.182. The largest absolute Gasteiger partial charge is 0.458 e. The Bertz CT molecular complexity index is 1180. The number of nitrogen functional groups attached to an aromatic ring is 1. The van der Waals surface area contributed by atoms with Gasteiger partial charge in [-0.25, -0.2) is 0 Å². The first-order valence-corrected chi connectivity index (χ1v) is 12.3. The summed E-state index contributed by atoms with van der Waals surface area (Å²) in [5.74, 6) is 1.25. The number of hydrogen-bond donors (Lipinski definition) is 2. The number of anilines is 1. The first-order valence-electron chi connectivity index (χ1n) is 12.3. The summed E-state index contributed by atoms with van der Waals surface area (Å²) in [5, 5.41) is 0. The van der Waals surface area contributed by atoms with Crippen molar-refractivity contribution >= 4 is 17.2 Å². The van der Waals surface area contributed by atoms with Gasteiger partial charge in [0.2, 0.25) is 0 Å². The molecule has 0 aliphatic rings. The van der Waals surface area contributed by atoms with E-state index in [0.717, 1.165) is 22.4 Å². The maximum absolute atomic E-state index is 11.4. The molecule has 4 N–H and O–H groups in total. The van der Waals surface area contributed by atoms with Gasteiger partial charge in [-0.1, -0.05) is 99.7 Å². The third kappa shape index (κ3) is 11.8. The van der Waals surface area contributed by atoms with Crippen molar-refractivity contribution in [3.8, 4) is 11.1 Å². The minimum absolute atomic E-state index is 0.0624. The molecule has 0 spiro atoms. The molecule has 0 saturated heterocycles. The Morgan fingerprint density at radius 2 is 1.30 bits per heavy atom. The first-order chi connectivity index (χ1) is 17.6. The van der Waals surface area contributed by atoms with E-state index in [-0.39, 0.29) is 5.78 Å². The van der Waals surface area contributed by atoms with E-state index in [1.807, 2.05) is 92.7 Å². The monoisotopic (exact) mass is 496 g/mol. The number of allylic oxidation sites excluding steroid dienone is 3. The van der Waals surface area contributed by atoms with Crippen molar-refractivity contribution in [3.63, 3.8) is 0 Å². The number of benzene rings is 3. The lowest BCUT2D eigenvalue weighted by molar-refractivity contribution is 0.101. The van der Waals surface area contributed by atoms with Crippen LogP contribution in [-0.2, 0) is 4.74 Å². The van der Waals surface area contributed by atoms with E-state index < -0.39 is 0 Å². The van der Waals surface area contributed by atoms with E-state index in [4.69, 9.17) is 16.2 Å². The molecule has 0 heterocycles. The normalized spacial score (nSPS) is 10.5. The average molecular weight is 497 g/mol. The number of aryl methyl sites for hydroxylation is 1. The fourth-order valence-electron chi connectivity index (χ4n) is 2.89. The number of rotatable bonds is 7. The lowest BCUT2D eigenvalue weighted by Crippen LogP contribution is -1.93. The Balaban J connectivity index is 0.000000516. The van der Waals surface area contributed by atoms with Gasteiger partial charge in [0.15, 0.2) is 5.78 Å². The Labute approximate surface area is 222 Å². The van der Waals surface area contributed by atoms with Crippen molar-refractivity contribution in [1.82, 2.24) is 0 Å². The number of carbonyl (C=O) groups excluding carboxylic acids is 1. The maximum atomic E-state index is 11.4. The van der Waals surface area contributed by atoms with Gasteiger partial charge in [0.1, 0.15) is 11.5 Å². The molecule has 0 unspecified atom stereocenters. The molecule has 0 bridgehead atoms. The zero-order chi connectivity index (χ0) is 27.8. The maximum Gasteiger partial charge on any atom is 0.159 e. The van der Waals surface area contributed by atoms with Crippen LogP contribution >= 0.6 is 0 Å². The van der Waals surface area contributed by atoms with E-state index >= 15 is 0 Å². The summed E-state index contributed by atoms with van der Waals surface area (Å²) < 4.78 is 5.77. The number of nitrogens with two attached hydrogens (primary N) is 2. The molecule has 0 saturated carbocycles. The lowest BCUT2D eigenvalue weighted by atomic mass is 10.0. The van der Waals surface area contributed by atoms with Crippen LogP contribution in [0.25, 0.3) is 16.9 Å². The minimum Gasteiger partial charge on any atom is -0.458 e. The van der Waals surface area contributed by atoms with Gasteiger partial charge in [-0.15, -0.1) is 0 Å². The van der Waals surface area contributed by atoms with Crippen LogP contribution < -0.4 is 11.5 Å². The van der Waals surface area contributed by atoms with Crippen LogP contribution in [0.5, 0.6) is 0 Å². The molecule has 0 aromatic heterocycles. The molecule has 0 radical (unpaired) electrons. The highest BCUT2D eigenvalue weighted by molar-refractivity contribution is 5.94. The van der Waals surface area contributed by atoms with E-state index in [0.29, 0.717) is 22.8 Å². The van der Waals surface area contributed by atoms with Crippen molar-refractivity contribution in [1.29, 1.82) is 0 Å². The molecule has 0 amide bonds. The molecule has 3 rings (SSSR count). The van der Waals surface area contributed by atoms with Gasteiger partial charge in [-0.2, -0.15) is 0 Å². The number of ketones is 1. The van der Waals surface area contributed by atoms with Gasteiger partial charge in [-0.05, 0) is 62.3 Å². The second kappa shape index (κ2) is 16.4. The average Bonchev–Trinajstić information content (AvgIpc) is 2.89. The van der Waals surface area contributed by atoms with Gasteiger partial charge in [0.05, 0.1) is 0 Å². The summed E-state index contributed by atoms with van der Waals surface area (Å²) in [7, 11) is 0. The van der Waals surface area contributed by atoms with Crippen LogP contribution in [0.3, 0.4) is 0 Å². The summed E-state index contributed by atoms with van der Waals surface area (Å²) in [6, 6.07) is 23.3. The molecule has 3 aromatic carbocycles. The number of carbonyl (C=O) groups is 1. The molecule has 0 aliphatic heterocycles. The Morgan fingerprint density at radius 1 is 0.838 bits per heavy atom. The summed E-state index contributed by atoms with van der Waals surface area (Å²) >= 11 is 0. The minimum atomic E-state index is 0.0624. The van der Waals surface area contributed by atoms with Crippen molar-refractivity contribution in [2.24, 2.45) is 5.73 Å². The van der Waals surface area contributed by atoms with Gasteiger partial charge < -0.3 is 16.2 Å². The van der Waals surface area contributed by atoms with Crippen LogP contribution in [0, 0.1) is 6.92 Å². The zero-order valence-corrected chi connectivity index (χ0v) is 22.8. The van der Waals surface area contributed by atoms with Gasteiger partial charge in [0.25, 0.3) is 0 Å². The lowest BCUT2D eigenvalue weighted by Gasteiger charge is -2.10. The number of Topliss-reactive ketones (excluding diaryl/α,β-unsaturated/α-hetero) is 1. The highest BCUT2D eigenvalue weighted by atomic mass is 16.5. The zero-order valence-electron chi connectivity index (χ0n) is 22.8. The second-order valence-corrected chi connectivity index (χ2v) is 8.45. The highest BCUT2D eigenvalue weighted by Gasteiger charge is 2.05. The molecule has 0 aliphatic carbocycles. The smallest absolute Gasteiger partial charge is 0.159 e. The number of ether oxygens (including phenoxy) is 1. The quantitative estimate of drug-likeness (QED) is 0.149. The van der Waals surface area contributed by atoms with Crippen LogP contribution in [0.1, 0.15) is 55.6 Å². The molecule has 0 fully saturated rings. The topological polar surface area (TPSA) is 78.3 Å². The SMILES string of the molecule is C=C(N)/C=C\C(=C/C)OC(=C)c1ccc(-c2ccc(C(C)=O)cc2)cc1.CCC.Cc1ccc(N)cc1. The molecule has 4 nitrogen and oxygen atoms in total. The number of hydrogen-bond acceptors (Lipinski definition) is 4. The Kier molecular flexibility index (Phi) is 13.6. The molecule has 0 atom stereocenters. The summed E-state index contributed by atoms with van der Waals surface area (Å²) in [4.78, 5) is 11.4. The predicted molar refractivity (Wildman–Crippen MR) is 160 cm³/mol. The Morgan fingerprint density at radius 3 is 1.68 bits per heavy atom. The van der Waals surface area contributed by atoms with E-state index in [1.54, 1.807) is 19.1 Å². The van der Waals surface area contributed by atoms with Crippen molar-refractivity contribution < 1.29 is 9.53 Å². The van der Waals surface area contributed by atoms with Gasteiger partial charge in [0, 0.05) is 22.5 Å².